The smallest absolute Gasteiger partial charge is 0.159 e. The first-order valence-corrected chi connectivity index (χ1v) is 6.30. The number of hydrogen-bond donors (Lipinski definition) is 2. The van der Waals surface area contributed by atoms with Gasteiger partial charge in [0.25, 0.3) is 0 Å². The number of phenols is 1. The van der Waals surface area contributed by atoms with E-state index in [-0.39, 0.29) is 11.3 Å². The molecule has 0 aliphatic rings. The molecule has 0 atom stereocenters. The zero-order chi connectivity index (χ0) is 13.9. The predicted octanol–water partition coefficient (Wildman–Crippen LogP) is 2.74. The van der Waals surface area contributed by atoms with Gasteiger partial charge in [-0.25, -0.2) is 9.97 Å². The second-order valence-electron chi connectivity index (χ2n) is 5.52. The van der Waals surface area contributed by atoms with Crippen molar-refractivity contribution in [3.63, 3.8) is 0 Å². The van der Waals surface area contributed by atoms with Gasteiger partial charge in [-0.05, 0) is 51.1 Å². The molecule has 0 aliphatic heterocycles. The minimum atomic E-state index is 0.0592. The third-order valence-corrected chi connectivity index (χ3v) is 2.64. The maximum absolute atomic E-state index is 9.28. The number of benzene rings is 1. The molecule has 0 aliphatic carbocycles. The lowest BCUT2D eigenvalue weighted by molar-refractivity contribution is 0.421. The van der Waals surface area contributed by atoms with Crippen molar-refractivity contribution >= 4 is 0 Å². The van der Waals surface area contributed by atoms with Gasteiger partial charge < -0.3 is 10.4 Å². The highest BCUT2D eigenvalue weighted by Gasteiger charge is 2.09. The molecule has 0 unspecified atom stereocenters. The summed E-state index contributed by atoms with van der Waals surface area (Å²) in [6, 6.07) is 8.80. The zero-order valence-electron chi connectivity index (χ0n) is 11.5. The summed E-state index contributed by atoms with van der Waals surface area (Å²) >= 11 is 0. The molecule has 0 saturated carbocycles. The predicted molar refractivity (Wildman–Crippen MR) is 75.7 cm³/mol. The van der Waals surface area contributed by atoms with Gasteiger partial charge in [0, 0.05) is 23.8 Å². The van der Waals surface area contributed by atoms with Gasteiger partial charge in [0.1, 0.15) is 5.75 Å². The highest BCUT2D eigenvalue weighted by atomic mass is 16.3. The topological polar surface area (TPSA) is 58.0 Å². The fourth-order valence-corrected chi connectivity index (χ4v) is 1.60. The van der Waals surface area contributed by atoms with Gasteiger partial charge in [-0.1, -0.05) is 0 Å². The Morgan fingerprint density at radius 2 is 1.79 bits per heavy atom. The number of nitrogens with one attached hydrogen (secondary N) is 1. The summed E-state index contributed by atoms with van der Waals surface area (Å²) in [5.74, 6) is 0.919. The number of phenolic OH excluding ortho intramolecular Hbond substituents is 1. The molecule has 1 heterocycles. The van der Waals surface area contributed by atoms with Crippen LogP contribution in [-0.2, 0) is 6.54 Å². The highest BCUT2D eigenvalue weighted by molar-refractivity contribution is 5.55. The molecule has 0 fully saturated rings. The quantitative estimate of drug-likeness (QED) is 0.887. The minimum absolute atomic E-state index is 0.0592. The molecule has 100 valence electrons. The Hall–Kier alpha value is -1.94. The maximum Gasteiger partial charge on any atom is 0.159 e. The summed E-state index contributed by atoms with van der Waals surface area (Å²) in [5, 5.41) is 12.7. The molecule has 0 saturated heterocycles. The van der Waals surface area contributed by atoms with E-state index in [1.54, 1.807) is 18.3 Å². The standard InChI is InChI=1S/C15H19N3O/c1-15(2,3)17-10-12-8-9-16-14(18-12)11-4-6-13(19)7-5-11/h4-9,17,19H,10H2,1-3H3. The molecule has 4 nitrogen and oxygen atoms in total. The molecule has 2 N–H and O–H groups in total. The van der Waals surface area contributed by atoms with Crippen LogP contribution in [0.25, 0.3) is 11.4 Å². The van der Waals surface area contributed by atoms with Gasteiger partial charge >= 0.3 is 0 Å². The maximum atomic E-state index is 9.28. The fourth-order valence-electron chi connectivity index (χ4n) is 1.60. The molecule has 1 aromatic heterocycles. The largest absolute Gasteiger partial charge is 0.508 e. The van der Waals surface area contributed by atoms with Crippen LogP contribution in [0.5, 0.6) is 5.75 Å². The van der Waals surface area contributed by atoms with Crippen molar-refractivity contribution in [3.8, 4) is 17.1 Å². The first-order chi connectivity index (χ1) is 8.94. The van der Waals surface area contributed by atoms with Crippen LogP contribution in [0.3, 0.4) is 0 Å². The van der Waals surface area contributed by atoms with Crippen molar-refractivity contribution in [2.75, 3.05) is 0 Å². The van der Waals surface area contributed by atoms with Gasteiger partial charge in [-0.3, -0.25) is 0 Å². The van der Waals surface area contributed by atoms with E-state index in [0.29, 0.717) is 12.4 Å². The van der Waals surface area contributed by atoms with E-state index in [1.165, 1.54) is 0 Å². The minimum Gasteiger partial charge on any atom is -0.508 e. The van der Waals surface area contributed by atoms with Crippen LogP contribution in [0.1, 0.15) is 26.5 Å². The van der Waals surface area contributed by atoms with Crippen molar-refractivity contribution in [3.05, 3.63) is 42.2 Å². The molecule has 1 aromatic carbocycles. The number of nitrogens with zero attached hydrogens (tertiary/aromatic N) is 2. The molecule has 0 bridgehead atoms. The first-order valence-electron chi connectivity index (χ1n) is 6.30. The van der Waals surface area contributed by atoms with Crippen LogP contribution < -0.4 is 5.32 Å². The Bertz CT molecular complexity index is 544. The van der Waals surface area contributed by atoms with E-state index in [2.05, 4.69) is 36.1 Å². The molecular formula is C15H19N3O. The van der Waals surface area contributed by atoms with E-state index in [0.717, 1.165) is 11.3 Å². The van der Waals surface area contributed by atoms with E-state index in [9.17, 15) is 5.11 Å². The van der Waals surface area contributed by atoms with Crippen molar-refractivity contribution in [2.24, 2.45) is 0 Å². The first kappa shape index (κ1) is 13.5. The summed E-state index contributed by atoms with van der Waals surface area (Å²) in [6.07, 6.45) is 1.76. The monoisotopic (exact) mass is 257 g/mol. The Morgan fingerprint density at radius 3 is 2.42 bits per heavy atom. The summed E-state index contributed by atoms with van der Waals surface area (Å²) in [6.45, 7) is 7.07. The third kappa shape index (κ3) is 4.03. The number of hydrogen-bond acceptors (Lipinski definition) is 4. The number of aromatic hydroxyl groups is 1. The second kappa shape index (κ2) is 5.36. The summed E-state index contributed by atoms with van der Waals surface area (Å²) < 4.78 is 0. The highest BCUT2D eigenvalue weighted by Crippen LogP contribution is 2.18. The summed E-state index contributed by atoms with van der Waals surface area (Å²) in [4.78, 5) is 8.78. The van der Waals surface area contributed by atoms with Crippen molar-refractivity contribution < 1.29 is 5.11 Å². The molecule has 0 spiro atoms. The molecule has 4 heteroatoms. The van der Waals surface area contributed by atoms with Crippen LogP contribution >= 0.6 is 0 Å². The molecule has 2 aromatic rings. The Labute approximate surface area is 113 Å². The Kier molecular flexibility index (Phi) is 3.81. The van der Waals surface area contributed by atoms with Gasteiger partial charge in [0.2, 0.25) is 0 Å². The van der Waals surface area contributed by atoms with Gasteiger partial charge in [-0.15, -0.1) is 0 Å². The second-order valence-corrected chi connectivity index (χ2v) is 5.52. The Morgan fingerprint density at radius 1 is 1.11 bits per heavy atom. The zero-order valence-corrected chi connectivity index (χ0v) is 11.5. The number of aromatic nitrogens is 2. The van der Waals surface area contributed by atoms with Crippen LogP contribution in [0.2, 0.25) is 0 Å². The lowest BCUT2D eigenvalue weighted by Gasteiger charge is -2.20. The van der Waals surface area contributed by atoms with E-state index in [1.807, 2.05) is 18.2 Å². The molecule has 0 radical (unpaired) electrons. The van der Waals surface area contributed by atoms with Gasteiger partial charge in [0.05, 0.1) is 5.69 Å². The van der Waals surface area contributed by atoms with E-state index in [4.69, 9.17) is 0 Å². The van der Waals surface area contributed by atoms with Crippen molar-refractivity contribution in [2.45, 2.75) is 32.9 Å². The van der Waals surface area contributed by atoms with Gasteiger partial charge in [-0.2, -0.15) is 0 Å². The lowest BCUT2D eigenvalue weighted by Crippen LogP contribution is -2.35. The average Bonchev–Trinajstić information content (AvgIpc) is 2.37. The van der Waals surface area contributed by atoms with Gasteiger partial charge in [0.15, 0.2) is 5.82 Å². The SMILES string of the molecule is CC(C)(C)NCc1ccnc(-c2ccc(O)cc2)n1. The van der Waals surface area contributed by atoms with Crippen LogP contribution in [0.4, 0.5) is 0 Å². The molecule has 0 amide bonds. The normalized spacial score (nSPS) is 11.5. The Balaban J connectivity index is 2.17. The van der Waals surface area contributed by atoms with E-state index >= 15 is 0 Å². The van der Waals surface area contributed by atoms with Crippen LogP contribution in [-0.4, -0.2) is 20.6 Å². The number of rotatable bonds is 3. The molecular weight excluding hydrogens is 238 g/mol. The lowest BCUT2D eigenvalue weighted by atomic mass is 10.1. The van der Waals surface area contributed by atoms with Crippen molar-refractivity contribution in [1.82, 2.24) is 15.3 Å². The molecule has 2 rings (SSSR count). The third-order valence-electron chi connectivity index (χ3n) is 2.64. The molecule has 19 heavy (non-hydrogen) atoms. The summed E-state index contributed by atoms with van der Waals surface area (Å²) in [5.41, 5.74) is 1.91. The van der Waals surface area contributed by atoms with Crippen LogP contribution in [0.15, 0.2) is 36.5 Å². The average molecular weight is 257 g/mol. The fraction of sp³-hybridized carbons (Fsp3) is 0.333. The summed E-state index contributed by atoms with van der Waals surface area (Å²) in [7, 11) is 0. The van der Waals surface area contributed by atoms with E-state index < -0.39 is 0 Å². The van der Waals surface area contributed by atoms with Crippen molar-refractivity contribution in [1.29, 1.82) is 0 Å². The van der Waals surface area contributed by atoms with Crippen LogP contribution in [0, 0.1) is 0 Å².